The van der Waals surface area contributed by atoms with Crippen LogP contribution in [0.4, 0.5) is 11.4 Å². The molecule has 1 heterocycles. The second-order valence-electron chi connectivity index (χ2n) is 9.74. The average molecular weight is 491 g/mol. The van der Waals surface area contributed by atoms with Crippen LogP contribution in [0.2, 0.25) is 0 Å². The fraction of sp³-hybridized carbons (Fsp3) is 0.393. The van der Waals surface area contributed by atoms with Crippen LogP contribution in [0.1, 0.15) is 42.7 Å². The van der Waals surface area contributed by atoms with Crippen molar-refractivity contribution in [1.29, 1.82) is 0 Å². The van der Waals surface area contributed by atoms with Gasteiger partial charge in [-0.15, -0.1) is 0 Å². The van der Waals surface area contributed by atoms with Gasteiger partial charge in [0, 0.05) is 41.4 Å². The zero-order valence-corrected chi connectivity index (χ0v) is 21.6. The Morgan fingerprint density at radius 2 is 1.83 bits per heavy atom. The summed E-state index contributed by atoms with van der Waals surface area (Å²) >= 11 is 0. The second-order valence-corrected chi connectivity index (χ2v) is 9.74. The summed E-state index contributed by atoms with van der Waals surface area (Å²) in [6.07, 6.45) is 3.08. The molecule has 2 N–H and O–H groups in total. The number of amides is 2. The number of hydrogen-bond acceptors (Lipinski definition) is 6. The van der Waals surface area contributed by atoms with Crippen molar-refractivity contribution < 1.29 is 18.8 Å². The fourth-order valence-corrected chi connectivity index (χ4v) is 4.06. The van der Waals surface area contributed by atoms with Gasteiger partial charge in [-0.2, -0.15) is 0 Å². The number of benzene rings is 2. The molecule has 190 valence electrons. The maximum Gasteiger partial charge on any atom is 0.227 e. The first-order chi connectivity index (χ1) is 17.2. The molecular formula is C28H34N4O4. The summed E-state index contributed by atoms with van der Waals surface area (Å²) in [5.74, 6) is 1.91. The molecule has 1 fully saturated rings. The molecule has 1 saturated carbocycles. The van der Waals surface area contributed by atoms with Crippen LogP contribution in [0, 0.1) is 26.7 Å². The van der Waals surface area contributed by atoms with Gasteiger partial charge in [0.05, 0.1) is 5.69 Å². The number of hydrogen-bond donors (Lipinski definition) is 2. The molecule has 0 spiro atoms. The summed E-state index contributed by atoms with van der Waals surface area (Å²) in [7, 11) is 3.98. The van der Waals surface area contributed by atoms with Crippen LogP contribution in [-0.4, -0.2) is 42.5 Å². The van der Waals surface area contributed by atoms with Crippen molar-refractivity contribution in [1.82, 2.24) is 10.1 Å². The van der Waals surface area contributed by atoms with Gasteiger partial charge in [-0.3, -0.25) is 9.59 Å². The molecule has 2 amide bonds. The van der Waals surface area contributed by atoms with Crippen molar-refractivity contribution in [3.63, 3.8) is 0 Å². The van der Waals surface area contributed by atoms with Gasteiger partial charge in [-0.05, 0) is 90.0 Å². The standard InChI is InChI=1S/C28H34N4O4/c1-17-8-11-23(16-25(17)30-26(33)7-6-12-32(4)5)35-24-14-21(27-18(2)31-36-19(27)3)13-22(15-24)29-28(34)20-9-10-20/h8,11,13-16,20H,6-7,9-10,12H2,1-5H3,(H,29,34)(H,30,33). The van der Waals surface area contributed by atoms with Crippen LogP contribution in [0.15, 0.2) is 40.9 Å². The van der Waals surface area contributed by atoms with E-state index in [0.29, 0.717) is 35.1 Å². The lowest BCUT2D eigenvalue weighted by atomic mass is 10.0. The van der Waals surface area contributed by atoms with Gasteiger partial charge in [0.25, 0.3) is 0 Å². The van der Waals surface area contributed by atoms with E-state index < -0.39 is 0 Å². The summed E-state index contributed by atoms with van der Waals surface area (Å²) in [5, 5.41) is 10.1. The van der Waals surface area contributed by atoms with Crippen molar-refractivity contribution in [3.05, 3.63) is 53.4 Å². The Kier molecular flexibility index (Phi) is 7.74. The monoisotopic (exact) mass is 490 g/mol. The largest absolute Gasteiger partial charge is 0.457 e. The minimum atomic E-state index is -0.0254. The molecule has 36 heavy (non-hydrogen) atoms. The van der Waals surface area contributed by atoms with Gasteiger partial charge < -0.3 is 24.8 Å². The molecule has 0 aliphatic heterocycles. The van der Waals surface area contributed by atoms with Crippen molar-refractivity contribution in [2.24, 2.45) is 5.92 Å². The molecule has 8 nitrogen and oxygen atoms in total. The number of rotatable bonds is 10. The molecule has 0 radical (unpaired) electrons. The topological polar surface area (TPSA) is 96.7 Å². The summed E-state index contributed by atoms with van der Waals surface area (Å²) in [6, 6.07) is 11.2. The molecule has 0 atom stereocenters. The smallest absolute Gasteiger partial charge is 0.227 e. The highest BCUT2D eigenvalue weighted by Gasteiger charge is 2.29. The Hall–Kier alpha value is -3.65. The molecule has 1 aliphatic rings. The van der Waals surface area contributed by atoms with E-state index in [1.165, 1.54) is 0 Å². The van der Waals surface area contributed by atoms with E-state index in [2.05, 4.69) is 20.7 Å². The number of aromatic nitrogens is 1. The van der Waals surface area contributed by atoms with Gasteiger partial charge in [0.2, 0.25) is 11.8 Å². The van der Waals surface area contributed by atoms with Gasteiger partial charge >= 0.3 is 0 Å². The average Bonchev–Trinajstić information content (AvgIpc) is 3.60. The molecule has 0 saturated heterocycles. The molecule has 3 aromatic rings. The lowest BCUT2D eigenvalue weighted by Gasteiger charge is -2.14. The first-order valence-corrected chi connectivity index (χ1v) is 12.3. The third kappa shape index (κ3) is 6.51. The van der Waals surface area contributed by atoms with Crippen LogP contribution in [-0.2, 0) is 9.59 Å². The molecule has 4 rings (SSSR count). The molecule has 8 heteroatoms. The quantitative estimate of drug-likeness (QED) is 0.379. The van der Waals surface area contributed by atoms with E-state index in [4.69, 9.17) is 9.26 Å². The van der Waals surface area contributed by atoms with E-state index >= 15 is 0 Å². The minimum Gasteiger partial charge on any atom is -0.457 e. The predicted octanol–water partition coefficient (Wildman–Crippen LogP) is 5.69. The predicted molar refractivity (Wildman–Crippen MR) is 140 cm³/mol. The first kappa shape index (κ1) is 25.4. The summed E-state index contributed by atoms with van der Waals surface area (Å²) in [6.45, 7) is 6.55. The number of aryl methyl sites for hydroxylation is 3. The maximum atomic E-state index is 12.4. The number of carbonyl (C=O) groups is 2. The van der Waals surface area contributed by atoms with Gasteiger partial charge in [-0.1, -0.05) is 11.2 Å². The number of ether oxygens (including phenoxy) is 1. The molecule has 0 bridgehead atoms. The molecular weight excluding hydrogens is 456 g/mol. The van der Waals surface area contributed by atoms with Crippen LogP contribution < -0.4 is 15.4 Å². The Labute approximate surface area is 212 Å². The van der Waals surface area contributed by atoms with Crippen molar-refractivity contribution in [2.75, 3.05) is 31.3 Å². The molecule has 2 aromatic carbocycles. The Bertz CT molecular complexity index is 1240. The van der Waals surface area contributed by atoms with E-state index in [-0.39, 0.29) is 17.7 Å². The molecule has 0 unspecified atom stereocenters. The summed E-state index contributed by atoms with van der Waals surface area (Å²) < 4.78 is 11.6. The van der Waals surface area contributed by atoms with Crippen LogP contribution in [0.5, 0.6) is 11.5 Å². The third-order valence-corrected chi connectivity index (χ3v) is 6.17. The number of nitrogens with zero attached hydrogens (tertiary/aromatic N) is 2. The highest BCUT2D eigenvalue weighted by Crippen LogP contribution is 2.36. The first-order valence-electron chi connectivity index (χ1n) is 12.3. The third-order valence-electron chi connectivity index (χ3n) is 6.17. The molecule has 1 aromatic heterocycles. The van der Waals surface area contributed by atoms with E-state index in [0.717, 1.165) is 48.2 Å². The Morgan fingerprint density at radius 1 is 1.06 bits per heavy atom. The maximum absolute atomic E-state index is 12.4. The highest BCUT2D eigenvalue weighted by molar-refractivity contribution is 5.95. The highest BCUT2D eigenvalue weighted by atomic mass is 16.5. The number of anilines is 2. The van der Waals surface area contributed by atoms with Crippen molar-refractivity contribution in [2.45, 2.75) is 46.5 Å². The Balaban J connectivity index is 1.57. The van der Waals surface area contributed by atoms with E-state index in [9.17, 15) is 9.59 Å². The number of nitrogens with one attached hydrogen (secondary N) is 2. The van der Waals surface area contributed by atoms with Crippen molar-refractivity contribution >= 4 is 23.2 Å². The van der Waals surface area contributed by atoms with Gasteiger partial charge in [0.15, 0.2) is 0 Å². The number of carbonyl (C=O) groups excluding carboxylic acids is 2. The Morgan fingerprint density at radius 3 is 2.50 bits per heavy atom. The zero-order chi connectivity index (χ0) is 25.8. The molecule has 1 aliphatic carbocycles. The fourth-order valence-electron chi connectivity index (χ4n) is 4.06. The van der Waals surface area contributed by atoms with E-state index in [1.807, 2.05) is 65.2 Å². The summed E-state index contributed by atoms with van der Waals surface area (Å²) in [5.41, 5.74) is 4.80. The second kappa shape index (κ2) is 11.0. The summed E-state index contributed by atoms with van der Waals surface area (Å²) in [4.78, 5) is 26.9. The van der Waals surface area contributed by atoms with Crippen LogP contribution in [0.3, 0.4) is 0 Å². The van der Waals surface area contributed by atoms with Gasteiger partial charge in [-0.25, -0.2) is 0 Å². The normalized spacial score (nSPS) is 13.1. The van der Waals surface area contributed by atoms with Crippen molar-refractivity contribution in [3.8, 4) is 22.6 Å². The van der Waals surface area contributed by atoms with Gasteiger partial charge in [0.1, 0.15) is 17.3 Å². The van der Waals surface area contributed by atoms with E-state index in [1.54, 1.807) is 6.07 Å². The zero-order valence-electron chi connectivity index (χ0n) is 21.6. The SMILES string of the molecule is Cc1ccc(Oc2cc(NC(=O)C3CC3)cc(-c3c(C)noc3C)c2)cc1NC(=O)CCCN(C)C. The van der Waals surface area contributed by atoms with Crippen LogP contribution in [0.25, 0.3) is 11.1 Å². The lowest BCUT2D eigenvalue weighted by molar-refractivity contribution is -0.117. The minimum absolute atomic E-state index is 0.0199. The lowest BCUT2D eigenvalue weighted by Crippen LogP contribution is -2.17. The van der Waals surface area contributed by atoms with Crippen LogP contribution >= 0.6 is 0 Å².